The molecule has 1 unspecified atom stereocenters. The van der Waals surface area contributed by atoms with E-state index < -0.39 is 6.04 Å². The molecule has 0 aromatic heterocycles. The lowest BCUT2D eigenvalue weighted by Gasteiger charge is -2.38. The van der Waals surface area contributed by atoms with Gasteiger partial charge in [-0.15, -0.1) is 0 Å². The molecule has 0 bridgehead atoms. The van der Waals surface area contributed by atoms with Gasteiger partial charge in [-0.1, -0.05) is 54.6 Å². The van der Waals surface area contributed by atoms with Crippen molar-refractivity contribution in [2.24, 2.45) is 0 Å². The van der Waals surface area contributed by atoms with Crippen LogP contribution in [0.5, 0.6) is 17.2 Å². The second-order valence-corrected chi connectivity index (χ2v) is 7.53. The van der Waals surface area contributed by atoms with Crippen LogP contribution in [-0.2, 0) is 17.8 Å². The van der Waals surface area contributed by atoms with Gasteiger partial charge in [0.25, 0.3) is 0 Å². The molecule has 6 nitrogen and oxygen atoms in total. The minimum absolute atomic E-state index is 0.210. The van der Waals surface area contributed by atoms with Gasteiger partial charge in [0.2, 0.25) is 0 Å². The third-order valence-electron chi connectivity index (χ3n) is 5.75. The zero-order valence-corrected chi connectivity index (χ0v) is 18.5. The van der Waals surface area contributed by atoms with E-state index in [-0.39, 0.29) is 12.7 Å². The minimum Gasteiger partial charge on any atom is -0.496 e. The van der Waals surface area contributed by atoms with Crippen molar-refractivity contribution in [2.45, 2.75) is 19.1 Å². The second-order valence-electron chi connectivity index (χ2n) is 7.53. The van der Waals surface area contributed by atoms with Gasteiger partial charge in [-0.2, -0.15) is 0 Å². The van der Waals surface area contributed by atoms with Gasteiger partial charge in [-0.25, -0.2) is 4.79 Å². The molecule has 0 saturated heterocycles. The smallest absolute Gasteiger partial charge is 0.410 e. The normalized spacial score (nSPS) is 15.0. The Kier molecular flexibility index (Phi) is 6.50. The SMILES string of the molecule is COc1cc(OC)c(C2c3ccccc3CCN2C(=O)OCc2ccccc2)c(OC)c1. The molecule has 6 heteroatoms. The van der Waals surface area contributed by atoms with Gasteiger partial charge in [0.1, 0.15) is 23.9 Å². The van der Waals surface area contributed by atoms with Crippen molar-refractivity contribution in [3.8, 4) is 17.2 Å². The molecule has 3 aromatic rings. The Labute approximate surface area is 188 Å². The maximum atomic E-state index is 13.3. The highest BCUT2D eigenvalue weighted by atomic mass is 16.6. The number of fused-ring (bicyclic) bond motifs is 1. The van der Waals surface area contributed by atoms with Crippen molar-refractivity contribution in [2.75, 3.05) is 27.9 Å². The molecule has 0 radical (unpaired) electrons. The van der Waals surface area contributed by atoms with E-state index in [1.165, 1.54) is 5.56 Å². The second kappa shape index (κ2) is 9.64. The van der Waals surface area contributed by atoms with E-state index in [2.05, 4.69) is 6.07 Å². The minimum atomic E-state index is -0.418. The maximum Gasteiger partial charge on any atom is 0.410 e. The van der Waals surface area contributed by atoms with Crippen molar-refractivity contribution in [3.05, 3.63) is 89.0 Å². The number of methoxy groups -OCH3 is 3. The number of carbonyl (C=O) groups is 1. The molecule has 0 N–H and O–H groups in total. The average molecular weight is 434 g/mol. The molecule has 0 aliphatic carbocycles. The van der Waals surface area contributed by atoms with E-state index in [4.69, 9.17) is 18.9 Å². The number of hydrogen-bond donors (Lipinski definition) is 0. The summed E-state index contributed by atoms with van der Waals surface area (Å²) in [5, 5.41) is 0. The average Bonchev–Trinajstić information content (AvgIpc) is 2.86. The summed E-state index contributed by atoms with van der Waals surface area (Å²) in [5.74, 6) is 1.79. The van der Waals surface area contributed by atoms with E-state index in [0.717, 1.165) is 23.1 Å². The van der Waals surface area contributed by atoms with Crippen LogP contribution in [0.25, 0.3) is 0 Å². The van der Waals surface area contributed by atoms with Crippen LogP contribution in [0.3, 0.4) is 0 Å². The molecule has 1 atom stereocenters. The fraction of sp³-hybridized carbons (Fsp3) is 0.269. The van der Waals surface area contributed by atoms with Crippen LogP contribution in [0.4, 0.5) is 4.79 Å². The number of benzene rings is 3. The summed E-state index contributed by atoms with van der Waals surface area (Å²) in [6.07, 6.45) is 0.363. The summed E-state index contributed by atoms with van der Waals surface area (Å²) in [4.78, 5) is 15.0. The van der Waals surface area contributed by atoms with Crippen LogP contribution in [0, 0.1) is 0 Å². The van der Waals surface area contributed by atoms with Gasteiger partial charge in [0.15, 0.2) is 0 Å². The van der Waals surface area contributed by atoms with E-state index in [0.29, 0.717) is 23.8 Å². The summed E-state index contributed by atoms with van der Waals surface area (Å²) in [7, 11) is 4.80. The number of amides is 1. The van der Waals surface area contributed by atoms with Gasteiger partial charge in [-0.05, 0) is 23.1 Å². The molecular weight excluding hydrogens is 406 g/mol. The van der Waals surface area contributed by atoms with Crippen molar-refractivity contribution in [1.82, 2.24) is 4.90 Å². The molecule has 0 fully saturated rings. The zero-order chi connectivity index (χ0) is 22.5. The summed E-state index contributed by atoms with van der Waals surface area (Å²) in [6, 6.07) is 21.0. The molecule has 1 aliphatic rings. The lowest BCUT2D eigenvalue weighted by Crippen LogP contribution is -2.41. The predicted molar refractivity (Wildman–Crippen MR) is 121 cm³/mol. The van der Waals surface area contributed by atoms with Gasteiger partial charge < -0.3 is 18.9 Å². The number of carbonyl (C=O) groups excluding carboxylic acids is 1. The van der Waals surface area contributed by atoms with Gasteiger partial charge >= 0.3 is 6.09 Å². The van der Waals surface area contributed by atoms with Crippen LogP contribution in [-0.4, -0.2) is 38.9 Å². The predicted octanol–water partition coefficient (Wildman–Crippen LogP) is 5.00. The third-order valence-corrected chi connectivity index (χ3v) is 5.75. The largest absolute Gasteiger partial charge is 0.496 e. The van der Waals surface area contributed by atoms with Crippen LogP contribution in [0.2, 0.25) is 0 Å². The third kappa shape index (κ3) is 4.21. The number of nitrogens with zero attached hydrogens (tertiary/aromatic N) is 1. The summed E-state index contributed by atoms with van der Waals surface area (Å²) < 4.78 is 22.5. The molecule has 3 aromatic carbocycles. The molecular formula is C26H27NO5. The standard InChI is InChI=1S/C26H27NO5/c1-29-20-15-22(30-2)24(23(16-20)31-3)25-21-12-8-7-11-19(21)13-14-27(25)26(28)32-17-18-9-5-4-6-10-18/h4-12,15-16,25H,13-14,17H2,1-3H3. The van der Waals surface area contributed by atoms with E-state index in [1.54, 1.807) is 26.2 Å². The van der Waals surface area contributed by atoms with Crippen molar-refractivity contribution in [1.29, 1.82) is 0 Å². The van der Waals surface area contributed by atoms with E-state index >= 15 is 0 Å². The highest BCUT2D eigenvalue weighted by Crippen LogP contribution is 2.46. The first-order chi connectivity index (χ1) is 15.7. The Morgan fingerprint density at radius 3 is 2.22 bits per heavy atom. The molecule has 1 aliphatic heterocycles. The van der Waals surface area contributed by atoms with Crippen molar-refractivity contribution in [3.63, 3.8) is 0 Å². The lowest BCUT2D eigenvalue weighted by atomic mass is 9.87. The maximum absolute atomic E-state index is 13.3. The molecule has 32 heavy (non-hydrogen) atoms. The quantitative estimate of drug-likeness (QED) is 0.548. The van der Waals surface area contributed by atoms with Crippen LogP contribution in [0.15, 0.2) is 66.7 Å². The van der Waals surface area contributed by atoms with Gasteiger partial charge in [-0.3, -0.25) is 4.90 Å². The number of hydrogen-bond acceptors (Lipinski definition) is 5. The summed E-state index contributed by atoms with van der Waals surface area (Å²) >= 11 is 0. The number of rotatable bonds is 6. The summed E-state index contributed by atoms with van der Waals surface area (Å²) in [5.41, 5.74) is 3.91. The molecule has 0 spiro atoms. The Morgan fingerprint density at radius 1 is 0.906 bits per heavy atom. The fourth-order valence-electron chi connectivity index (χ4n) is 4.18. The zero-order valence-electron chi connectivity index (χ0n) is 18.5. The van der Waals surface area contributed by atoms with Gasteiger partial charge in [0.05, 0.1) is 32.9 Å². The Morgan fingerprint density at radius 2 is 1.56 bits per heavy atom. The first kappa shape index (κ1) is 21.6. The van der Waals surface area contributed by atoms with Crippen LogP contribution in [0.1, 0.15) is 28.3 Å². The monoisotopic (exact) mass is 433 g/mol. The lowest BCUT2D eigenvalue weighted by molar-refractivity contribution is 0.0829. The molecule has 1 amide bonds. The van der Waals surface area contributed by atoms with Crippen LogP contribution < -0.4 is 14.2 Å². The molecule has 166 valence electrons. The van der Waals surface area contributed by atoms with Crippen LogP contribution >= 0.6 is 0 Å². The fourth-order valence-corrected chi connectivity index (χ4v) is 4.18. The highest BCUT2D eigenvalue weighted by Gasteiger charge is 2.37. The first-order valence-electron chi connectivity index (χ1n) is 10.5. The number of ether oxygens (including phenoxy) is 4. The Hall–Kier alpha value is -3.67. The summed E-state index contributed by atoms with van der Waals surface area (Å²) in [6.45, 7) is 0.731. The van der Waals surface area contributed by atoms with Crippen molar-refractivity contribution >= 4 is 6.09 Å². The first-order valence-corrected chi connectivity index (χ1v) is 10.5. The van der Waals surface area contributed by atoms with E-state index in [9.17, 15) is 4.79 Å². The molecule has 0 saturated carbocycles. The Balaban J connectivity index is 1.76. The molecule has 4 rings (SSSR count). The molecule has 1 heterocycles. The Bertz CT molecular complexity index is 1060. The van der Waals surface area contributed by atoms with E-state index in [1.807, 2.05) is 60.7 Å². The topological polar surface area (TPSA) is 57.2 Å². The van der Waals surface area contributed by atoms with Gasteiger partial charge in [0, 0.05) is 18.7 Å². The van der Waals surface area contributed by atoms with Crippen molar-refractivity contribution < 1.29 is 23.7 Å². The highest BCUT2D eigenvalue weighted by molar-refractivity contribution is 5.71.